The molecule has 7 nitrogen and oxygen atoms in total. The average Bonchev–Trinajstić information content (AvgIpc) is 2.31. The van der Waals surface area contributed by atoms with Crippen LogP contribution < -0.4 is 16.4 Å². The van der Waals surface area contributed by atoms with Gasteiger partial charge in [-0.2, -0.15) is 12.6 Å². The molecule has 0 bridgehead atoms. The normalized spacial score (nSPS) is 15.5. The number of amides is 2. The monoisotopic (exact) mass is 291 g/mol. The minimum Gasteiger partial charge on any atom is -0.480 e. The van der Waals surface area contributed by atoms with Gasteiger partial charge >= 0.3 is 5.97 Å². The van der Waals surface area contributed by atoms with Crippen molar-refractivity contribution in [1.29, 1.82) is 0 Å². The Kier molecular flexibility index (Phi) is 7.47. The lowest BCUT2D eigenvalue weighted by Gasteiger charge is -2.24. The van der Waals surface area contributed by atoms with E-state index in [9.17, 15) is 14.4 Å². The molecule has 0 radical (unpaired) electrons. The molecule has 0 heterocycles. The van der Waals surface area contributed by atoms with Gasteiger partial charge in [-0.15, -0.1) is 0 Å². The Morgan fingerprint density at radius 2 is 1.68 bits per heavy atom. The van der Waals surface area contributed by atoms with Gasteiger partial charge in [-0.25, -0.2) is 4.79 Å². The number of carbonyl (C=O) groups excluding carboxylic acids is 2. The third kappa shape index (κ3) is 5.93. The second-order valence-electron chi connectivity index (χ2n) is 4.60. The Bertz CT molecular complexity index is 347. The largest absolute Gasteiger partial charge is 0.480 e. The molecule has 0 rings (SSSR count). The minimum absolute atomic E-state index is 0.0346. The summed E-state index contributed by atoms with van der Waals surface area (Å²) >= 11 is 3.85. The molecule has 5 N–H and O–H groups in total. The maximum absolute atomic E-state index is 12.0. The van der Waals surface area contributed by atoms with Crippen molar-refractivity contribution in [2.75, 3.05) is 5.75 Å². The third-order valence-corrected chi connectivity index (χ3v) is 2.82. The van der Waals surface area contributed by atoms with Gasteiger partial charge in [-0.05, 0) is 12.8 Å². The van der Waals surface area contributed by atoms with Crippen molar-refractivity contribution in [2.24, 2.45) is 11.7 Å². The average molecular weight is 291 g/mol. The van der Waals surface area contributed by atoms with Gasteiger partial charge in [0.15, 0.2) is 0 Å². The smallest absolute Gasteiger partial charge is 0.327 e. The molecule has 3 atom stereocenters. The van der Waals surface area contributed by atoms with Gasteiger partial charge in [-0.3, -0.25) is 9.59 Å². The number of thiol groups is 1. The zero-order valence-corrected chi connectivity index (χ0v) is 12.1. The van der Waals surface area contributed by atoms with Crippen LogP contribution >= 0.6 is 12.6 Å². The predicted octanol–water partition coefficient (Wildman–Crippen LogP) is -1.03. The molecule has 0 saturated carbocycles. The summed E-state index contributed by atoms with van der Waals surface area (Å²) < 4.78 is 0. The highest BCUT2D eigenvalue weighted by molar-refractivity contribution is 7.80. The van der Waals surface area contributed by atoms with Crippen LogP contribution in [0.3, 0.4) is 0 Å². The summed E-state index contributed by atoms with van der Waals surface area (Å²) in [7, 11) is 0. The summed E-state index contributed by atoms with van der Waals surface area (Å²) in [6, 6.07) is -2.67. The Balaban J connectivity index is 4.75. The molecule has 0 spiro atoms. The van der Waals surface area contributed by atoms with Crippen molar-refractivity contribution >= 4 is 30.4 Å². The number of nitrogens with two attached hydrogens (primary N) is 1. The van der Waals surface area contributed by atoms with Crippen LogP contribution in [-0.2, 0) is 14.4 Å². The number of carboxylic acid groups (broad SMARTS) is 1. The fourth-order valence-corrected chi connectivity index (χ4v) is 1.51. The fraction of sp³-hybridized carbons (Fsp3) is 0.727. The summed E-state index contributed by atoms with van der Waals surface area (Å²) in [5.41, 5.74) is 5.41. The molecule has 0 aliphatic rings. The Labute approximate surface area is 117 Å². The second kappa shape index (κ2) is 8.00. The summed E-state index contributed by atoms with van der Waals surface area (Å²) in [6.07, 6.45) is 0. The SMILES string of the molecule is CC(C)[C@H](NC(=O)[C@H](C)N)C(=O)N[C@@H](CS)C(=O)O. The van der Waals surface area contributed by atoms with E-state index in [0.29, 0.717) is 0 Å². The molecule has 0 unspecified atom stereocenters. The van der Waals surface area contributed by atoms with Gasteiger partial charge in [0.05, 0.1) is 6.04 Å². The van der Waals surface area contributed by atoms with Crippen LogP contribution in [0.15, 0.2) is 0 Å². The van der Waals surface area contributed by atoms with E-state index in [-0.39, 0.29) is 11.7 Å². The predicted molar refractivity (Wildman–Crippen MR) is 73.8 cm³/mol. The van der Waals surface area contributed by atoms with E-state index in [0.717, 1.165) is 0 Å². The van der Waals surface area contributed by atoms with E-state index in [1.165, 1.54) is 6.92 Å². The van der Waals surface area contributed by atoms with Crippen molar-refractivity contribution in [3.8, 4) is 0 Å². The highest BCUT2D eigenvalue weighted by Crippen LogP contribution is 2.03. The third-order valence-electron chi connectivity index (χ3n) is 2.46. The summed E-state index contributed by atoms with van der Waals surface area (Å²) in [4.78, 5) is 34.3. The van der Waals surface area contributed by atoms with E-state index in [1.54, 1.807) is 13.8 Å². The van der Waals surface area contributed by atoms with Gasteiger partial charge in [0, 0.05) is 5.75 Å². The van der Waals surface area contributed by atoms with E-state index < -0.39 is 35.9 Å². The van der Waals surface area contributed by atoms with E-state index in [2.05, 4.69) is 23.3 Å². The maximum Gasteiger partial charge on any atom is 0.327 e. The number of aliphatic carboxylic acids is 1. The minimum atomic E-state index is -1.18. The van der Waals surface area contributed by atoms with Gasteiger partial charge in [-0.1, -0.05) is 13.8 Å². The maximum atomic E-state index is 12.0. The van der Waals surface area contributed by atoms with Gasteiger partial charge < -0.3 is 21.5 Å². The molecule has 19 heavy (non-hydrogen) atoms. The van der Waals surface area contributed by atoms with Crippen molar-refractivity contribution in [3.05, 3.63) is 0 Å². The van der Waals surface area contributed by atoms with Crippen molar-refractivity contribution in [3.63, 3.8) is 0 Å². The summed E-state index contributed by atoms with van der Waals surface area (Å²) in [5.74, 6) is -2.44. The molecule has 0 aromatic rings. The fourth-order valence-electron chi connectivity index (χ4n) is 1.27. The molecule has 0 aromatic carbocycles. The lowest BCUT2D eigenvalue weighted by molar-refractivity contribution is -0.141. The first-order chi connectivity index (χ1) is 8.70. The molecule has 110 valence electrons. The zero-order chi connectivity index (χ0) is 15.2. The molecule has 0 aliphatic heterocycles. The standard InChI is InChI=1S/C11H21N3O4S/c1-5(2)8(14-9(15)6(3)12)10(16)13-7(4-19)11(17)18/h5-8,19H,4,12H2,1-3H3,(H,13,16)(H,14,15)(H,17,18)/t6-,7-,8-/m0/s1. The second-order valence-corrected chi connectivity index (χ2v) is 4.97. The first-order valence-corrected chi connectivity index (χ1v) is 6.54. The summed E-state index contributed by atoms with van der Waals surface area (Å²) in [6.45, 7) is 4.97. The lowest BCUT2D eigenvalue weighted by atomic mass is 10.0. The van der Waals surface area contributed by atoms with E-state index in [4.69, 9.17) is 10.8 Å². The number of carbonyl (C=O) groups is 3. The zero-order valence-electron chi connectivity index (χ0n) is 11.2. The number of hydrogen-bond donors (Lipinski definition) is 5. The van der Waals surface area contributed by atoms with Gasteiger partial charge in [0.25, 0.3) is 0 Å². The van der Waals surface area contributed by atoms with Gasteiger partial charge in [0.1, 0.15) is 12.1 Å². The quantitative estimate of drug-likeness (QED) is 0.384. The number of rotatable bonds is 7. The Morgan fingerprint density at radius 3 is 2.00 bits per heavy atom. The van der Waals surface area contributed by atoms with Crippen LogP contribution in [0.2, 0.25) is 0 Å². The van der Waals surface area contributed by atoms with Crippen LogP contribution in [0.25, 0.3) is 0 Å². The highest BCUT2D eigenvalue weighted by atomic mass is 32.1. The number of carboxylic acids is 1. The van der Waals surface area contributed by atoms with Crippen LogP contribution in [0, 0.1) is 5.92 Å². The molecule has 2 amide bonds. The molecular formula is C11H21N3O4S. The summed E-state index contributed by atoms with van der Waals surface area (Å²) in [5, 5.41) is 13.7. The molecule has 8 heteroatoms. The van der Waals surface area contributed by atoms with Crippen LogP contribution in [0.1, 0.15) is 20.8 Å². The van der Waals surface area contributed by atoms with E-state index in [1.807, 2.05) is 0 Å². The first kappa shape index (κ1) is 17.7. The molecular weight excluding hydrogens is 270 g/mol. The van der Waals surface area contributed by atoms with Crippen molar-refractivity contribution < 1.29 is 19.5 Å². The Morgan fingerprint density at radius 1 is 1.16 bits per heavy atom. The van der Waals surface area contributed by atoms with Gasteiger partial charge in [0.2, 0.25) is 11.8 Å². The lowest BCUT2D eigenvalue weighted by Crippen LogP contribution is -2.56. The van der Waals surface area contributed by atoms with Crippen LogP contribution in [0.4, 0.5) is 0 Å². The molecule has 0 saturated heterocycles. The molecule has 0 aliphatic carbocycles. The highest BCUT2D eigenvalue weighted by Gasteiger charge is 2.28. The van der Waals surface area contributed by atoms with Crippen LogP contribution in [-0.4, -0.2) is 46.8 Å². The molecule has 0 aromatic heterocycles. The van der Waals surface area contributed by atoms with Crippen LogP contribution in [0.5, 0.6) is 0 Å². The first-order valence-electron chi connectivity index (χ1n) is 5.90. The Hall–Kier alpha value is -1.28. The topological polar surface area (TPSA) is 122 Å². The van der Waals surface area contributed by atoms with Crippen molar-refractivity contribution in [1.82, 2.24) is 10.6 Å². The number of nitrogens with one attached hydrogen (secondary N) is 2. The van der Waals surface area contributed by atoms with Crippen molar-refractivity contribution in [2.45, 2.75) is 38.9 Å². The number of hydrogen-bond acceptors (Lipinski definition) is 5. The molecule has 0 fully saturated rings. The van der Waals surface area contributed by atoms with E-state index >= 15 is 0 Å².